The van der Waals surface area contributed by atoms with Gasteiger partial charge in [0, 0.05) is 6.54 Å². The molecular formula is C14H21NO3. The minimum atomic E-state index is -0.800. The summed E-state index contributed by atoms with van der Waals surface area (Å²) in [5, 5.41) is 9.27. The Bertz CT molecular complexity index is 392. The number of likely N-dealkylation sites (N-methyl/N-ethyl adjacent to an activating group) is 1. The molecule has 100 valence electrons. The zero-order valence-corrected chi connectivity index (χ0v) is 11.2. The third-order valence-corrected chi connectivity index (χ3v) is 2.86. The van der Waals surface area contributed by atoms with E-state index < -0.39 is 12.0 Å². The number of carboxylic acid groups (broad SMARTS) is 1. The Balaban J connectivity index is 3.11. The van der Waals surface area contributed by atoms with Crippen LogP contribution in [0.4, 0.5) is 5.69 Å². The van der Waals surface area contributed by atoms with E-state index in [1.165, 1.54) is 0 Å². The van der Waals surface area contributed by atoms with Crippen molar-refractivity contribution < 1.29 is 14.6 Å². The van der Waals surface area contributed by atoms with Crippen LogP contribution in [0.1, 0.15) is 27.2 Å². The molecule has 4 heteroatoms. The zero-order valence-electron chi connectivity index (χ0n) is 11.2. The van der Waals surface area contributed by atoms with Gasteiger partial charge in [0.15, 0.2) is 0 Å². The fraction of sp³-hybridized carbons (Fsp3) is 0.500. The summed E-state index contributed by atoms with van der Waals surface area (Å²) in [6.07, 6.45) is 0.559. The molecule has 1 N–H and O–H groups in total. The van der Waals surface area contributed by atoms with Crippen molar-refractivity contribution in [3.63, 3.8) is 0 Å². The van der Waals surface area contributed by atoms with E-state index in [1.807, 2.05) is 49.9 Å². The molecule has 0 fully saturated rings. The normalized spacial score (nSPS) is 11.9. The summed E-state index contributed by atoms with van der Waals surface area (Å²) in [7, 11) is 0. The van der Waals surface area contributed by atoms with Crippen molar-refractivity contribution in [2.24, 2.45) is 0 Å². The first-order valence-corrected chi connectivity index (χ1v) is 6.36. The molecule has 0 heterocycles. The quantitative estimate of drug-likeness (QED) is 0.809. The topological polar surface area (TPSA) is 49.8 Å². The van der Waals surface area contributed by atoms with Gasteiger partial charge in [-0.05, 0) is 32.4 Å². The number of para-hydroxylation sites is 2. The highest BCUT2D eigenvalue weighted by Gasteiger charge is 2.24. The second-order valence-electron chi connectivity index (χ2n) is 3.95. The van der Waals surface area contributed by atoms with Gasteiger partial charge in [0.05, 0.1) is 12.3 Å². The lowest BCUT2D eigenvalue weighted by Crippen LogP contribution is -2.41. The van der Waals surface area contributed by atoms with Crippen LogP contribution in [0.15, 0.2) is 24.3 Å². The molecule has 0 aliphatic carbocycles. The first kappa shape index (κ1) is 14.4. The van der Waals surface area contributed by atoms with E-state index in [9.17, 15) is 9.90 Å². The molecule has 0 saturated carbocycles. The molecule has 1 aromatic carbocycles. The predicted molar refractivity (Wildman–Crippen MR) is 72.3 cm³/mol. The van der Waals surface area contributed by atoms with Crippen LogP contribution in [0.3, 0.4) is 0 Å². The van der Waals surface area contributed by atoms with E-state index in [0.717, 1.165) is 11.4 Å². The Morgan fingerprint density at radius 1 is 1.33 bits per heavy atom. The van der Waals surface area contributed by atoms with E-state index in [0.29, 0.717) is 19.6 Å². The minimum absolute atomic E-state index is 0.517. The highest BCUT2D eigenvalue weighted by molar-refractivity contribution is 5.79. The van der Waals surface area contributed by atoms with Crippen molar-refractivity contribution in [3.05, 3.63) is 24.3 Å². The molecule has 1 rings (SSSR count). The van der Waals surface area contributed by atoms with Crippen LogP contribution < -0.4 is 9.64 Å². The van der Waals surface area contributed by atoms with Crippen molar-refractivity contribution >= 4 is 11.7 Å². The van der Waals surface area contributed by atoms with Gasteiger partial charge in [-0.1, -0.05) is 19.1 Å². The number of ether oxygens (including phenoxy) is 1. The maximum absolute atomic E-state index is 11.3. The van der Waals surface area contributed by atoms with Crippen molar-refractivity contribution in [1.82, 2.24) is 0 Å². The molecular weight excluding hydrogens is 230 g/mol. The van der Waals surface area contributed by atoms with Crippen molar-refractivity contribution in [1.29, 1.82) is 0 Å². The molecule has 0 unspecified atom stereocenters. The largest absolute Gasteiger partial charge is 0.492 e. The maximum atomic E-state index is 11.3. The van der Waals surface area contributed by atoms with Gasteiger partial charge >= 0.3 is 5.97 Å². The van der Waals surface area contributed by atoms with Crippen LogP contribution in [-0.2, 0) is 4.79 Å². The van der Waals surface area contributed by atoms with Gasteiger partial charge in [0.25, 0.3) is 0 Å². The highest BCUT2D eigenvalue weighted by atomic mass is 16.5. The molecule has 1 aromatic rings. The summed E-state index contributed by atoms with van der Waals surface area (Å²) in [5.74, 6) is -0.0628. The van der Waals surface area contributed by atoms with Gasteiger partial charge < -0.3 is 14.7 Å². The van der Waals surface area contributed by atoms with Gasteiger partial charge in [-0.25, -0.2) is 4.79 Å². The molecule has 1 atom stereocenters. The lowest BCUT2D eigenvalue weighted by atomic mass is 10.1. The molecule has 0 aliphatic heterocycles. The summed E-state index contributed by atoms with van der Waals surface area (Å²) < 4.78 is 5.56. The van der Waals surface area contributed by atoms with Crippen molar-refractivity contribution in [2.75, 3.05) is 18.1 Å². The van der Waals surface area contributed by atoms with Crippen molar-refractivity contribution in [3.8, 4) is 5.75 Å². The number of anilines is 1. The number of aliphatic carboxylic acids is 1. The van der Waals surface area contributed by atoms with Crippen LogP contribution >= 0.6 is 0 Å². The maximum Gasteiger partial charge on any atom is 0.326 e. The van der Waals surface area contributed by atoms with Crippen LogP contribution in [-0.4, -0.2) is 30.3 Å². The van der Waals surface area contributed by atoms with Gasteiger partial charge in [0.1, 0.15) is 11.8 Å². The van der Waals surface area contributed by atoms with Crippen LogP contribution in [0.2, 0.25) is 0 Å². The summed E-state index contributed by atoms with van der Waals surface area (Å²) in [5.41, 5.74) is 0.844. The molecule has 0 aromatic heterocycles. The average Bonchev–Trinajstić information content (AvgIpc) is 2.36. The molecule has 18 heavy (non-hydrogen) atoms. The van der Waals surface area contributed by atoms with Crippen LogP contribution in [0.25, 0.3) is 0 Å². The predicted octanol–water partition coefficient (Wildman–Crippen LogP) is 2.77. The van der Waals surface area contributed by atoms with Gasteiger partial charge in [-0.3, -0.25) is 0 Å². The molecule has 0 bridgehead atoms. The molecule has 4 nitrogen and oxygen atoms in total. The number of benzene rings is 1. The third-order valence-electron chi connectivity index (χ3n) is 2.86. The average molecular weight is 251 g/mol. The molecule has 0 radical (unpaired) electrons. The van der Waals surface area contributed by atoms with E-state index >= 15 is 0 Å². The zero-order chi connectivity index (χ0) is 13.5. The number of carboxylic acids is 1. The third kappa shape index (κ3) is 3.15. The minimum Gasteiger partial charge on any atom is -0.492 e. The summed E-state index contributed by atoms with van der Waals surface area (Å²) in [4.78, 5) is 13.2. The Morgan fingerprint density at radius 2 is 2.00 bits per heavy atom. The lowest BCUT2D eigenvalue weighted by Gasteiger charge is -2.30. The second-order valence-corrected chi connectivity index (χ2v) is 3.95. The van der Waals surface area contributed by atoms with E-state index in [-0.39, 0.29) is 0 Å². The standard InChI is InChI=1S/C14H21NO3/c1-4-11(14(16)17)15(5-2)12-9-7-8-10-13(12)18-6-3/h7-11H,4-6H2,1-3H3,(H,16,17)/t11-/m0/s1. The fourth-order valence-electron chi connectivity index (χ4n) is 2.06. The molecule has 0 aliphatic rings. The van der Waals surface area contributed by atoms with Gasteiger partial charge in [-0.15, -0.1) is 0 Å². The Labute approximate surface area is 108 Å². The van der Waals surface area contributed by atoms with Crippen molar-refractivity contribution in [2.45, 2.75) is 33.2 Å². The number of carbonyl (C=O) groups is 1. The van der Waals surface area contributed by atoms with Gasteiger partial charge in [0.2, 0.25) is 0 Å². The number of hydrogen-bond acceptors (Lipinski definition) is 3. The Hall–Kier alpha value is -1.71. The van der Waals surface area contributed by atoms with E-state index in [1.54, 1.807) is 0 Å². The number of rotatable bonds is 7. The number of nitrogens with zero attached hydrogens (tertiary/aromatic N) is 1. The summed E-state index contributed by atoms with van der Waals surface area (Å²) >= 11 is 0. The monoisotopic (exact) mass is 251 g/mol. The van der Waals surface area contributed by atoms with Gasteiger partial charge in [-0.2, -0.15) is 0 Å². The summed E-state index contributed by atoms with van der Waals surface area (Å²) in [6, 6.07) is 7.05. The molecule has 0 saturated heterocycles. The van der Waals surface area contributed by atoms with E-state index in [2.05, 4.69) is 0 Å². The smallest absolute Gasteiger partial charge is 0.326 e. The summed E-state index contributed by atoms with van der Waals surface area (Å²) in [6.45, 7) is 6.95. The first-order valence-electron chi connectivity index (χ1n) is 6.36. The Morgan fingerprint density at radius 3 is 2.50 bits per heavy atom. The fourth-order valence-corrected chi connectivity index (χ4v) is 2.06. The Kier molecular flexibility index (Phi) is 5.49. The number of hydrogen-bond donors (Lipinski definition) is 1. The first-order chi connectivity index (χ1) is 8.65. The van der Waals surface area contributed by atoms with Crippen LogP contribution in [0.5, 0.6) is 5.75 Å². The SMILES string of the molecule is CCOc1ccccc1N(CC)[C@@H](CC)C(=O)O. The highest BCUT2D eigenvalue weighted by Crippen LogP contribution is 2.30. The molecule has 0 amide bonds. The molecule has 0 spiro atoms. The second kappa shape index (κ2) is 6.89. The van der Waals surface area contributed by atoms with E-state index in [4.69, 9.17) is 4.74 Å². The lowest BCUT2D eigenvalue weighted by molar-refractivity contribution is -0.138. The van der Waals surface area contributed by atoms with Crippen LogP contribution in [0, 0.1) is 0 Å².